The first kappa shape index (κ1) is 20.9. The van der Waals surface area contributed by atoms with Gasteiger partial charge in [0, 0.05) is 28.1 Å². The molecule has 0 heterocycles. The number of hydrogen-bond acceptors (Lipinski definition) is 3. The molecule has 3 nitrogen and oxygen atoms in total. The Hall–Kier alpha value is -1.36. The molecule has 0 unspecified atom stereocenters. The molecule has 0 aliphatic carbocycles. The fraction of sp³-hybridized carbons (Fsp3) is 0.350. The van der Waals surface area contributed by atoms with E-state index >= 15 is 0 Å². The Morgan fingerprint density at radius 3 is 2.54 bits per heavy atom. The molecule has 2 aromatic carbocycles. The van der Waals surface area contributed by atoms with Crippen molar-refractivity contribution in [2.75, 3.05) is 12.3 Å². The summed E-state index contributed by atoms with van der Waals surface area (Å²) in [5.41, 5.74) is 3.05. The molecule has 2 rings (SSSR count). The molecule has 6 heteroatoms. The molecule has 0 aliphatic heterocycles. The molecule has 0 saturated heterocycles. The highest BCUT2D eigenvalue weighted by atomic mass is 35.5. The number of hydrogen-bond donors (Lipinski definition) is 1. The highest BCUT2D eigenvalue weighted by molar-refractivity contribution is 7.98. The van der Waals surface area contributed by atoms with Crippen LogP contribution in [0.3, 0.4) is 0 Å². The lowest BCUT2D eigenvalue weighted by Crippen LogP contribution is -2.37. The molecule has 26 heavy (non-hydrogen) atoms. The number of aryl methyl sites for hydroxylation is 2. The molecule has 1 N–H and O–H groups in total. The molecular formula is C20H23Cl2NO2S. The monoisotopic (exact) mass is 411 g/mol. The highest BCUT2D eigenvalue weighted by Gasteiger charge is 2.15. The van der Waals surface area contributed by atoms with Crippen LogP contribution in [0.5, 0.6) is 5.75 Å². The van der Waals surface area contributed by atoms with Gasteiger partial charge in [0.1, 0.15) is 5.75 Å². The molecule has 2 aromatic rings. The third-order valence-electron chi connectivity index (χ3n) is 3.80. The number of thioether (sulfide) groups is 1. The first-order chi connectivity index (χ1) is 12.4. The zero-order valence-corrected chi connectivity index (χ0v) is 17.5. The van der Waals surface area contributed by atoms with Crippen molar-refractivity contribution in [2.45, 2.75) is 32.6 Å². The quantitative estimate of drug-likeness (QED) is 0.588. The van der Waals surface area contributed by atoms with E-state index in [2.05, 4.69) is 5.32 Å². The molecule has 0 aliphatic rings. The van der Waals surface area contributed by atoms with Crippen LogP contribution in [0.15, 0.2) is 36.4 Å². The Bertz CT molecular complexity index is 744. The van der Waals surface area contributed by atoms with E-state index in [0.29, 0.717) is 12.3 Å². The van der Waals surface area contributed by atoms with E-state index in [9.17, 15) is 4.79 Å². The molecule has 0 fully saturated rings. The van der Waals surface area contributed by atoms with Crippen LogP contribution in [-0.4, -0.2) is 24.3 Å². The van der Waals surface area contributed by atoms with Gasteiger partial charge >= 0.3 is 0 Å². The second-order valence-corrected chi connectivity index (χ2v) is 8.02. The number of nitrogens with one attached hydrogen (secondary N) is 1. The van der Waals surface area contributed by atoms with Gasteiger partial charge in [-0.15, -0.1) is 0 Å². The summed E-state index contributed by atoms with van der Waals surface area (Å²) in [6.45, 7) is 6.18. The zero-order valence-electron chi connectivity index (χ0n) is 15.1. The summed E-state index contributed by atoms with van der Waals surface area (Å²) in [5.74, 6) is 2.22. The summed E-state index contributed by atoms with van der Waals surface area (Å²) in [5, 5.41) is 4.38. The first-order valence-electron chi connectivity index (χ1n) is 8.40. The summed E-state index contributed by atoms with van der Waals surface area (Å²) in [6, 6.07) is 11.5. The standard InChI is InChI=1S/C20H23Cl2NO2S/c1-13-9-18(10-14(2)19(13)22)25-15(3)20(24)23-7-8-26-12-16-5-4-6-17(21)11-16/h4-6,9-11,15H,7-8,12H2,1-3H3,(H,23,24)/t15-/m0/s1. The minimum Gasteiger partial charge on any atom is -0.481 e. The molecule has 1 amide bonds. The summed E-state index contributed by atoms with van der Waals surface area (Å²) >= 11 is 13.9. The van der Waals surface area contributed by atoms with E-state index in [4.69, 9.17) is 27.9 Å². The summed E-state index contributed by atoms with van der Waals surface area (Å²) in [7, 11) is 0. The molecule has 140 valence electrons. The van der Waals surface area contributed by atoms with E-state index in [-0.39, 0.29) is 5.91 Å². The minimum absolute atomic E-state index is 0.126. The van der Waals surface area contributed by atoms with Crippen molar-refractivity contribution in [3.05, 3.63) is 63.1 Å². The van der Waals surface area contributed by atoms with Crippen molar-refractivity contribution in [2.24, 2.45) is 0 Å². The third-order valence-corrected chi connectivity index (χ3v) is 5.66. The highest BCUT2D eigenvalue weighted by Crippen LogP contribution is 2.26. The maximum atomic E-state index is 12.2. The molecule has 1 atom stereocenters. The molecular weight excluding hydrogens is 389 g/mol. The summed E-state index contributed by atoms with van der Waals surface area (Å²) < 4.78 is 5.74. The number of rotatable bonds is 8. The van der Waals surface area contributed by atoms with Gasteiger partial charge in [-0.25, -0.2) is 0 Å². The molecule has 0 aromatic heterocycles. The average molecular weight is 412 g/mol. The maximum absolute atomic E-state index is 12.2. The predicted octanol–water partition coefficient (Wildman–Crippen LogP) is 5.43. The normalized spacial score (nSPS) is 11.9. The van der Waals surface area contributed by atoms with Crippen LogP contribution in [0.1, 0.15) is 23.6 Å². The van der Waals surface area contributed by atoms with Crippen molar-refractivity contribution in [3.8, 4) is 5.75 Å². The van der Waals surface area contributed by atoms with Gasteiger partial charge < -0.3 is 10.1 Å². The van der Waals surface area contributed by atoms with E-state index in [1.165, 1.54) is 5.56 Å². The van der Waals surface area contributed by atoms with Crippen molar-refractivity contribution >= 4 is 40.9 Å². The van der Waals surface area contributed by atoms with Gasteiger partial charge in [-0.05, 0) is 61.7 Å². The van der Waals surface area contributed by atoms with Gasteiger partial charge in [0.25, 0.3) is 5.91 Å². The van der Waals surface area contributed by atoms with E-state index in [1.54, 1.807) is 18.7 Å². The number of carbonyl (C=O) groups excluding carboxylic acids is 1. The Kier molecular flexibility index (Phi) is 8.14. The van der Waals surface area contributed by atoms with Crippen LogP contribution < -0.4 is 10.1 Å². The lowest BCUT2D eigenvalue weighted by Gasteiger charge is -2.16. The van der Waals surface area contributed by atoms with Crippen LogP contribution in [0.2, 0.25) is 10.0 Å². The Balaban J connectivity index is 1.72. The van der Waals surface area contributed by atoms with Crippen molar-refractivity contribution < 1.29 is 9.53 Å². The van der Waals surface area contributed by atoms with Gasteiger partial charge in [0.15, 0.2) is 6.10 Å². The van der Waals surface area contributed by atoms with Gasteiger partial charge in [0.05, 0.1) is 0 Å². The molecule has 0 bridgehead atoms. The number of ether oxygens (including phenoxy) is 1. The SMILES string of the molecule is Cc1cc(O[C@@H](C)C(=O)NCCSCc2cccc(Cl)c2)cc(C)c1Cl. The van der Waals surface area contributed by atoms with Gasteiger partial charge in [0.2, 0.25) is 0 Å². The fourth-order valence-electron chi connectivity index (χ4n) is 2.44. The first-order valence-corrected chi connectivity index (χ1v) is 10.3. The van der Waals surface area contributed by atoms with Gasteiger partial charge in [-0.2, -0.15) is 11.8 Å². The number of halogens is 2. The summed E-state index contributed by atoms with van der Waals surface area (Å²) in [4.78, 5) is 12.2. The number of amides is 1. The second-order valence-electron chi connectivity index (χ2n) is 6.10. The van der Waals surface area contributed by atoms with E-state index in [1.807, 2.05) is 50.2 Å². The van der Waals surface area contributed by atoms with Crippen LogP contribution in [0.4, 0.5) is 0 Å². The second kappa shape index (κ2) is 10.1. The molecule has 0 spiro atoms. The smallest absolute Gasteiger partial charge is 0.260 e. The maximum Gasteiger partial charge on any atom is 0.260 e. The lowest BCUT2D eigenvalue weighted by molar-refractivity contribution is -0.127. The molecule has 0 saturated carbocycles. The van der Waals surface area contributed by atoms with Crippen LogP contribution >= 0.6 is 35.0 Å². The number of carbonyl (C=O) groups is 1. The Labute approximate surface area is 169 Å². The van der Waals surface area contributed by atoms with Crippen molar-refractivity contribution in [1.82, 2.24) is 5.32 Å². The fourth-order valence-corrected chi connectivity index (χ4v) is 3.57. The van der Waals surface area contributed by atoms with Gasteiger partial charge in [-0.1, -0.05) is 35.3 Å². The zero-order chi connectivity index (χ0) is 19.1. The van der Waals surface area contributed by atoms with Crippen molar-refractivity contribution in [3.63, 3.8) is 0 Å². The number of benzene rings is 2. The van der Waals surface area contributed by atoms with E-state index < -0.39 is 6.10 Å². The Morgan fingerprint density at radius 2 is 1.88 bits per heavy atom. The van der Waals surface area contributed by atoms with Crippen LogP contribution in [-0.2, 0) is 10.5 Å². The topological polar surface area (TPSA) is 38.3 Å². The largest absolute Gasteiger partial charge is 0.481 e. The van der Waals surface area contributed by atoms with Crippen molar-refractivity contribution in [1.29, 1.82) is 0 Å². The molecule has 0 radical (unpaired) electrons. The predicted molar refractivity (Wildman–Crippen MR) is 112 cm³/mol. The van der Waals surface area contributed by atoms with Crippen LogP contribution in [0.25, 0.3) is 0 Å². The third kappa shape index (κ3) is 6.42. The van der Waals surface area contributed by atoms with E-state index in [0.717, 1.165) is 32.7 Å². The lowest BCUT2D eigenvalue weighted by atomic mass is 10.1. The average Bonchev–Trinajstić information content (AvgIpc) is 2.59. The Morgan fingerprint density at radius 1 is 1.19 bits per heavy atom. The summed E-state index contributed by atoms with van der Waals surface area (Å²) in [6.07, 6.45) is -0.562. The van der Waals surface area contributed by atoms with Gasteiger partial charge in [-0.3, -0.25) is 4.79 Å². The van der Waals surface area contributed by atoms with Crippen LogP contribution in [0, 0.1) is 13.8 Å². The minimum atomic E-state index is -0.562.